The van der Waals surface area contributed by atoms with E-state index in [-0.39, 0.29) is 12.0 Å². The molecule has 6 heteroatoms. The zero-order valence-corrected chi connectivity index (χ0v) is 12.8. The van der Waals surface area contributed by atoms with Gasteiger partial charge in [-0.25, -0.2) is 14.5 Å². The molecule has 21 heavy (non-hydrogen) atoms. The number of hydrogen-bond acceptors (Lipinski definition) is 5. The van der Waals surface area contributed by atoms with Gasteiger partial charge in [0.25, 0.3) is 0 Å². The van der Waals surface area contributed by atoms with Crippen molar-refractivity contribution >= 4 is 11.7 Å². The van der Waals surface area contributed by atoms with Crippen LogP contribution in [0, 0.1) is 0 Å². The number of aromatic nitrogens is 3. The van der Waals surface area contributed by atoms with Gasteiger partial charge in [-0.1, -0.05) is 12.1 Å². The average Bonchev–Trinajstić information content (AvgIpc) is 2.94. The van der Waals surface area contributed by atoms with E-state index >= 15 is 0 Å². The summed E-state index contributed by atoms with van der Waals surface area (Å²) < 4.78 is 6.70. The third-order valence-corrected chi connectivity index (χ3v) is 3.24. The number of nitrogens with zero attached hydrogens (tertiary/aromatic N) is 4. The zero-order chi connectivity index (χ0) is 15.4. The Hall–Kier alpha value is -2.37. The van der Waals surface area contributed by atoms with E-state index in [9.17, 15) is 4.79 Å². The normalized spacial score (nSPS) is 10.7. The molecule has 1 aromatic heterocycles. The first-order chi connectivity index (χ1) is 10.0. The third kappa shape index (κ3) is 3.21. The van der Waals surface area contributed by atoms with E-state index in [4.69, 9.17) is 4.74 Å². The van der Waals surface area contributed by atoms with Gasteiger partial charge in [-0.05, 0) is 26.0 Å². The molecule has 0 N–H and O–H groups in total. The lowest BCUT2D eigenvalue weighted by molar-refractivity contribution is 0.0601. The molecule has 1 heterocycles. The molecule has 0 aliphatic carbocycles. The van der Waals surface area contributed by atoms with Crippen LogP contribution in [-0.4, -0.2) is 34.9 Å². The minimum atomic E-state index is -0.345. The highest BCUT2D eigenvalue weighted by atomic mass is 16.5. The summed E-state index contributed by atoms with van der Waals surface area (Å²) in [5, 5.41) is 4.22. The Kier molecular flexibility index (Phi) is 4.57. The second-order valence-electron chi connectivity index (χ2n) is 5.08. The van der Waals surface area contributed by atoms with Gasteiger partial charge in [0, 0.05) is 13.1 Å². The highest BCUT2D eigenvalue weighted by Crippen LogP contribution is 2.21. The predicted octanol–water partition coefficient (Wildman–Crippen LogP) is 2.28. The molecular formula is C15H20N4O2. The molecule has 0 unspecified atom stereocenters. The summed E-state index contributed by atoms with van der Waals surface area (Å²) in [5.74, 6) is 0.509. The van der Waals surface area contributed by atoms with Crippen molar-refractivity contribution < 1.29 is 9.53 Å². The van der Waals surface area contributed by atoms with Crippen LogP contribution in [0.25, 0.3) is 0 Å². The number of benzene rings is 1. The van der Waals surface area contributed by atoms with Crippen molar-refractivity contribution in [3.05, 3.63) is 42.0 Å². The van der Waals surface area contributed by atoms with Gasteiger partial charge in [0.15, 0.2) is 0 Å². The number of ether oxygens (including phenoxy) is 1. The van der Waals surface area contributed by atoms with Gasteiger partial charge in [0.2, 0.25) is 0 Å². The molecule has 0 saturated carbocycles. The summed E-state index contributed by atoms with van der Waals surface area (Å²) in [6.45, 7) is 4.67. The quantitative estimate of drug-likeness (QED) is 0.790. The van der Waals surface area contributed by atoms with Gasteiger partial charge in [0.1, 0.15) is 12.2 Å². The van der Waals surface area contributed by atoms with Crippen LogP contribution < -0.4 is 4.90 Å². The number of esters is 1. The molecule has 0 atom stereocenters. The molecular weight excluding hydrogens is 268 g/mol. The van der Waals surface area contributed by atoms with Crippen molar-refractivity contribution in [2.45, 2.75) is 26.4 Å². The van der Waals surface area contributed by atoms with E-state index in [0.717, 1.165) is 11.5 Å². The Bertz CT molecular complexity index is 622. The van der Waals surface area contributed by atoms with Crippen LogP contribution >= 0.6 is 0 Å². The van der Waals surface area contributed by atoms with Gasteiger partial charge in [0.05, 0.1) is 24.9 Å². The number of methoxy groups -OCH3 is 1. The lowest BCUT2D eigenvalue weighted by atomic mass is 10.1. The predicted molar refractivity (Wildman–Crippen MR) is 80.3 cm³/mol. The summed E-state index contributed by atoms with van der Waals surface area (Å²) in [4.78, 5) is 18.1. The second-order valence-corrected chi connectivity index (χ2v) is 5.08. The van der Waals surface area contributed by atoms with Crippen molar-refractivity contribution in [2.24, 2.45) is 0 Å². The Morgan fingerprint density at radius 1 is 1.38 bits per heavy atom. The molecule has 112 valence electrons. The summed E-state index contributed by atoms with van der Waals surface area (Å²) in [7, 11) is 3.30. The van der Waals surface area contributed by atoms with Crippen LogP contribution in [0.1, 0.15) is 36.1 Å². The maximum Gasteiger partial charge on any atom is 0.339 e. The molecule has 0 bridgehead atoms. The highest BCUT2D eigenvalue weighted by Gasteiger charge is 2.16. The number of para-hydroxylation sites is 1. The maximum absolute atomic E-state index is 11.8. The van der Waals surface area contributed by atoms with Crippen molar-refractivity contribution in [3.8, 4) is 0 Å². The minimum Gasteiger partial charge on any atom is -0.465 e. The molecule has 6 nitrogen and oxygen atoms in total. The van der Waals surface area contributed by atoms with Crippen LogP contribution in [0.4, 0.5) is 5.69 Å². The van der Waals surface area contributed by atoms with Gasteiger partial charge >= 0.3 is 5.97 Å². The third-order valence-electron chi connectivity index (χ3n) is 3.24. The second kappa shape index (κ2) is 6.39. The molecule has 2 aromatic rings. The van der Waals surface area contributed by atoms with Crippen LogP contribution in [0.2, 0.25) is 0 Å². The fourth-order valence-corrected chi connectivity index (χ4v) is 2.20. The molecule has 0 fully saturated rings. The molecule has 0 radical (unpaired) electrons. The van der Waals surface area contributed by atoms with Crippen LogP contribution in [-0.2, 0) is 11.3 Å². The Balaban J connectivity index is 2.26. The van der Waals surface area contributed by atoms with Crippen molar-refractivity contribution in [1.29, 1.82) is 0 Å². The minimum absolute atomic E-state index is 0.242. The van der Waals surface area contributed by atoms with Gasteiger partial charge in [-0.15, -0.1) is 0 Å². The molecule has 0 spiro atoms. The Morgan fingerprint density at radius 2 is 2.10 bits per heavy atom. The van der Waals surface area contributed by atoms with Crippen LogP contribution in [0.3, 0.4) is 0 Å². The standard InChI is InChI=1S/C15H20N4O2/c1-11(2)19-14(16-10-17-19)9-18(3)13-8-6-5-7-12(13)15(20)21-4/h5-8,10-11H,9H2,1-4H3. The van der Waals surface area contributed by atoms with Crippen LogP contribution in [0.15, 0.2) is 30.6 Å². The lowest BCUT2D eigenvalue weighted by Crippen LogP contribution is -2.23. The fraction of sp³-hybridized carbons (Fsp3) is 0.400. The number of carbonyl (C=O) groups is 1. The molecule has 1 aromatic carbocycles. The number of hydrogen-bond donors (Lipinski definition) is 0. The van der Waals surface area contributed by atoms with Gasteiger partial charge < -0.3 is 9.64 Å². The Labute approximate surface area is 124 Å². The largest absolute Gasteiger partial charge is 0.465 e. The Morgan fingerprint density at radius 3 is 2.76 bits per heavy atom. The SMILES string of the molecule is COC(=O)c1ccccc1N(C)Cc1ncnn1C(C)C. The molecule has 0 amide bonds. The molecule has 0 aliphatic rings. The lowest BCUT2D eigenvalue weighted by Gasteiger charge is -2.22. The average molecular weight is 288 g/mol. The first-order valence-corrected chi connectivity index (χ1v) is 6.81. The monoisotopic (exact) mass is 288 g/mol. The van der Waals surface area contributed by atoms with Gasteiger partial charge in [-0.3, -0.25) is 0 Å². The van der Waals surface area contributed by atoms with Crippen LogP contribution in [0.5, 0.6) is 0 Å². The smallest absolute Gasteiger partial charge is 0.339 e. The van der Waals surface area contributed by atoms with E-state index in [1.54, 1.807) is 12.4 Å². The van der Waals surface area contributed by atoms with Crippen molar-refractivity contribution in [1.82, 2.24) is 14.8 Å². The summed E-state index contributed by atoms with van der Waals surface area (Å²) in [6.07, 6.45) is 1.55. The molecule has 0 saturated heterocycles. The summed E-state index contributed by atoms with van der Waals surface area (Å²) >= 11 is 0. The number of anilines is 1. The van der Waals surface area contributed by atoms with E-state index in [2.05, 4.69) is 23.9 Å². The van der Waals surface area contributed by atoms with E-state index in [1.807, 2.05) is 34.8 Å². The maximum atomic E-state index is 11.8. The number of rotatable bonds is 5. The van der Waals surface area contributed by atoms with E-state index < -0.39 is 0 Å². The number of carbonyl (C=O) groups excluding carboxylic acids is 1. The first-order valence-electron chi connectivity index (χ1n) is 6.81. The van der Waals surface area contributed by atoms with Gasteiger partial charge in [-0.2, -0.15) is 5.10 Å². The highest BCUT2D eigenvalue weighted by molar-refractivity contribution is 5.95. The first kappa shape index (κ1) is 15.0. The molecule has 0 aliphatic heterocycles. The van der Waals surface area contributed by atoms with Crippen molar-refractivity contribution in [2.75, 3.05) is 19.1 Å². The van der Waals surface area contributed by atoms with E-state index in [1.165, 1.54) is 7.11 Å². The summed E-state index contributed by atoms with van der Waals surface area (Å²) in [5.41, 5.74) is 1.35. The zero-order valence-electron chi connectivity index (χ0n) is 12.8. The summed E-state index contributed by atoms with van der Waals surface area (Å²) in [6, 6.07) is 7.60. The van der Waals surface area contributed by atoms with Crippen molar-refractivity contribution in [3.63, 3.8) is 0 Å². The fourth-order valence-electron chi connectivity index (χ4n) is 2.20. The topological polar surface area (TPSA) is 60.2 Å². The molecule has 2 rings (SSSR count). The van der Waals surface area contributed by atoms with E-state index in [0.29, 0.717) is 12.1 Å².